The molecule has 2 aliphatic heterocycles. The predicted molar refractivity (Wildman–Crippen MR) is 326 cm³/mol. The number of anilines is 9. The number of para-hydroxylation sites is 2. The molecule has 0 unspecified atom stereocenters. The van der Waals surface area contributed by atoms with Crippen molar-refractivity contribution in [3.8, 4) is 0 Å². The Morgan fingerprint density at radius 1 is 0.500 bits per heavy atom. The zero-order valence-corrected chi connectivity index (χ0v) is 47.0. The van der Waals surface area contributed by atoms with E-state index in [-0.39, 0.29) is 33.8 Å². The summed E-state index contributed by atoms with van der Waals surface area (Å²) in [5, 5.41) is 2.06. The predicted octanol–water partition coefficient (Wildman–Crippen LogP) is 18.1. The SMILES string of the molecule is [2H]C([2H])([2H])c1cc2c3c(c1)N(c1ccc4c(c1)C(C)(C)CCC4(C)C)c1cc4c(cc1B3c1ccc(N(c3ccccc3C)c3ccccc3C)cc1N2c1ccc2oc3cc(C(C)(C)C)ccc3c2c1)C(C)(C)CCC4(C)C. The van der Waals surface area contributed by atoms with Crippen molar-refractivity contribution in [3.63, 3.8) is 0 Å². The van der Waals surface area contributed by atoms with Crippen molar-refractivity contribution in [3.05, 3.63) is 190 Å². The lowest BCUT2D eigenvalue weighted by Crippen LogP contribution is -2.62. The van der Waals surface area contributed by atoms with E-state index in [1.807, 2.05) is 12.1 Å². The number of benzene rings is 8. The lowest BCUT2D eigenvalue weighted by molar-refractivity contribution is 0.332. The van der Waals surface area contributed by atoms with Gasteiger partial charge in [-0.25, -0.2) is 0 Å². The average Bonchev–Trinajstić information content (AvgIpc) is 3.94. The molecular weight excluding hydrogens is 922 g/mol. The highest BCUT2D eigenvalue weighted by atomic mass is 16.3. The standard InChI is InChI=1S/C71H74BN3O/c1-43-35-62-66-63(36-43)75(48-24-28-52-53(39-48)69(9,10)32-31-68(52,7)8)61-42-55-54(70(11,12)33-34-71(55,13)14)41-57(61)72(66)56-29-25-49(73(58-21-17-15-19-44(58)2)59-22-18-16-20-45(59)3)40-60(56)74(62)47-26-30-64-51(38-47)50-27-23-46(67(4,5)6)37-65(50)76-64/h15-30,35-42H,31-34H2,1-14H3/i1D3. The number of rotatable bonds is 5. The molecule has 13 rings (SSSR count). The van der Waals surface area contributed by atoms with Gasteiger partial charge in [0.05, 0.1) is 0 Å². The maximum Gasteiger partial charge on any atom is 0.252 e. The Morgan fingerprint density at radius 3 is 1.66 bits per heavy atom. The summed E-state index contributed by atoms with van der Waals surface area (Å²) in [6, 6.07) is 53.8. The van der Waals surface area contributed by atoms with Gasteiger partial charge in [-0.3, -0.25) is 0 Å². The third-order valence-corrected chi connectivity index (χ3v) is 18.7. The first-order valence-corrected chi connectivity index (χ1v) is 27.9. The molecule has 0 spiro atoms. The molecule has 9 aromatic rings. The number of fused-ring (bicyclic) bond motifs is 9. The van der Waals surface area contributed by atoms with Crippen molar-refractivity contribution in [2.24, 2.45) is 0 Å². The Balaban J connectivity index is 1.15. The summed E-state index contributed by atoms with van der Waals surface area (Å²) >= 11 is 0. The van der Waals surface area contributed by atoms with E-state index in [9.17, 15) is 4.11 Å². The fourth-order valence-corrected chi connectivity index (χ4v) is 13.9. The highest BCUT2D eigenvalue weighted by molar-refractivity contribution is 7.00. The van der Waals surface area contributed by atoms with Gasteiger partial charge in [0.2, 0.25) is 0 Å². The first-order chi connectivity index (χ1) is 37.2. The van der Waals surface area contributed by atoms with E-state index in [2.05, 4.69) is 238 Å². The van der Waals surface area contributed by atoms with Crippen LogP contribution in [0.2, 0.25) is 0 Å². The topological polar surface area (TPSA) is 22.9 Å². The van der Waals surface area contributed by atoms with E-state index in [4.69, 9.17) is 4.42 Å². The minimum absolute atomic E-state index is 0.0245. The van der Waals surface area contributed by atoms with Gasteiger partial charge in [-0.1, -0.05) is 143 Å². The van der Waals surface area contributed by atoms with Gasteiger partial charge in [-0.05, 0) is 213 Å². The van der Waals surface area contributed by atoms with Crippen LogP contribution >= 0.6 is 0 Å². The van der Waals surface area contributed by atoms with Crippen molar-refractivity contribution in [1.82, 2.24) is 0 Å². The molecule has 0 atom stereocenters. The van der Waals surface area contributed by atoms with E-state index in [0.29, 0.717) is 5.56 Å². The maximum absolute atomic E-state index is 9.34. The second-order valence-electron chi connectivity index (χ2n) is 26.6. The Bertz CT molecular complexity index is 3970. The smallest absolute Gasteiger partial charge is 0.252 e. The highest BCUT2D eigenvalue weighted by Gasteiger charge is 2.47. The first kappa shape index (κ1) is 45.2. The summed E-state index contributed by atoms with van der Waals surface area (Å²) in [5.41, 5.74) is 23.4. The molecule has 5 heteroatoms. The molecule has 0 saturated carbocycles. The molecule has 3 heterocycles. The van der Waals surface area contributed by atoms with E-state index >= 15 is 0 Å². The van der Waals surface area contributed by atoms with Crippen LogP contribution in [0.5, 0.6) is 0 Å². The molecule has 0 amide bonds. The average molecular weight is 999 g/mol. The first-order valence-electron chi connectivity index (χ1n) is 29.4. The summed E-state index contributed by atoms with van der Waals surface area (Å²) < 4.78 is 34.7. The maximum atomic E-state index is 9.34. The molecule has 0 fully saturated rings. The lowest BCUT2D eigenvalue weighted by atomic mass is 9.33. The Kier molecular flexibility index (Phi) is 9.83. The Labute approximate surface area is 457 Å². The molecule has 0 N–H and O–H groups in total. The Hall–Kier alpha value is -6.98. The van der Waals surface area contributed by atoms with Crippen LogP contribution in [-0.4, -0.2) is 6.71 Å². The van der Waals surface area contributed by atoms with Gasteiger partial charge < -0.3 is 19.1 Å². The molecule has 382 valence electrons. The van der Waals surface area contributed by atoms with Crippen LogP contribution < -0.4 is 31.1 Å². The lowest BCUT2D eigenvalue weighted by Gasteiger charge is -2.48. The van der Waals surface area contributed by atoms with Crippen LogP contribution in [0.15, 0.2) is 150 Å². The Morgan fingerprint density at radius 2 is 1.05 bits per heavy atom. The number of aryl methyl sites for hydroxylation is 3. The molecule has 0 saturated heterocycles. The van der Waals surface area contributed by atoms with Crippen molar-refractivity contribution in [1.29, 1.82) is 0 Å². The number of hydrogen-bond donors (Lipinski definition) is 0. The summed E-state index contributed by atoms with van der Waals surface area (Å²) in [7, 11) is 0. The quantitative estimate of drug-likeness (QED) is 0.160. The number of furan rings is 1. The molecule has 4 nitrogen and oxygen atoms in total. The molecule has 4 aliphatic rings. The summed E-state index contributed by atoms with van der Waals surface area (Å²) in [6.07, 6.45) is 4.37. The van der Waals surface area contributed by atoms with Gasteiger partial charge in [-0.2, -0.15) is 0 Å². The minimum atomic E-state index is -2.42. The van der Waals surface area contributed by atoms with Gasteiger partial charge in [0.1, 0.15) is 11.2 Å². The van der Waals surface area contributed by atoms with Crippen molar-refractivity contribution in [2.75, 3.05) is 14.7 Å². The minimum Gasteiger partial charge on any atom is -0.456 e. The molecule has 0 radical (unpaired) electrons. The fourth-order valence-electron chi connectivity index (χ4n) is 13.9. The van der Waals surface area contributed by atoms with Crippen LogP contribution in [0.25, 0.3) is 21.9 Å². The van der Waals surface area contributed by atoms with Gasteiger partial charge in [0.25, 0.3) is 6.71 Å². The second-order valence-corrected chi connectivity index (χ2v) is 26.6. The molecule has 8 aromatic carbocycles. The third-order valence-electron chi connectivity index (χ3n) is 18.7. The summed E-state index contributed by atoms with van der Waals surface area (Å²) in [4.78, 5) is 7.25. The summed E-state index contributed by atoms with van der Waals surface area (Å²) in [6.45, 7) is 27.7. The normalized spacial score (nSPS) is 18.2. The van der Waals surface area contributed by atoms with E-state index in [0.717, 1.165) is 115 Å². The van der Waals surface area contributed by atoms with Crippen LogP contribution in [0, 0.1) is 20.7 Å². The van der Waals surface area contributed by atoms with Gasteiger partial charge >= 0.3 is 0 Å². The van der Waals surface area contributed by atoms with Crippen LogP contribution in [0.4, 0.5) is 51.2 Å². The molecule has 0 bridgehead atoms. The van der Waals surface area contributed by atoms with E-state index < -0.39 is 6.85 Å². The largest absolute Gasteiger partial charge is 0.456 e. The second kappa shape index (κ2) is 16.5. The molecule has 76 heavy (non-hydrogen) atoms. The third kappa shape index (κ3) is 7.38. The van der Waals surface area contributed by atoms with Crippen LogP contribution in [0.1, 0.15) is 150 Å². The number of hydrogen-bond acceptors (Lipinski definition) is 4. The zero-order chi connectivity index (χ0) is 55.7. The van der Waals surface area contributed by atoms with E-state index in [1.54, 1.807) is 0 Å². The van der Waals surface area contributed by atoms with Gasteiger partial charge in [-0.15, -0.1) is 0 Å². The van der Waals surface area contributed by atoms with Crippen LogP contribution in [0.3, 0.4) is 0 Å². The van der Waals surface area contributed by atoms with Crippen molar-refractivity contribution in [2.45, 2.75) is 150 Å². The number of nitrogens with zero attached hydrogens (tertiary/aromatic N) is 3. The highest BCUT2D eigenvalue weighted by Crippen LogP contribution is 2.54. The fraction of sp³-hybridized carbons (Fsp3) is 0.324. The molecule has 1 aromatic heterocycles. The van der Waals surface area contributed by atoms with Crippen molar-refractivity contribution >= 4 is 96.2 Å². The summed E-state index contributed by atoms with van der Waals surface area (Å²) in [5.74, 6) is 0. The monoisotopic (exact) mass is 999 g/mol. The van der Waals surface area contributed by atoms with E-state index in [1.165, 1.54) is 38.7 Å². The van der Waals surface area contributed by atoms with Crippen molar-refractivity contribution < 1.29 is 8.53 Å². The van der Waals surface area contributed by atoms with Crippen LogP contribution in [-0.2, 0) is 27.1 Å². The van der Waals surface area contributed by atoms with Gasteiger partial charge in [0, 0.05) is 66.1 Å². The molecule has 2 aliphatic carbocycles. The molecular formula is C71H74BN3O. The van der Waals surface area contributed by atoms with Gasteiger partial charge in [0.15, 0.2) is 0 Å². The zero-order valence-electron chi connectivity index (χ0n) is 50.0.